The van der Waals surface area contributed by atoms with Gasteiger partial charge in [0, 0.05) is 18.3 Å². The summed E-state index contributed by atoms with van der Waals surface area (Å²) in [5.41, 5.74) is 5.92. The predicted octanol–water partition coefficient (Wildman–Crippen LogP) is 3.47. The van der Waals surface area contributed by atoms with Crippen LogP contribution in [-0.4, -0.2) is 31.6 Å². The molecule has 2 heterocycles. The van der Waals surface area contributed by atoms with Crippen molar-refractivity contribution in [3.05, 3.63) is 65.2 Å². The molecule has 2 aromatic carbocycles. The third-order valence-corrected chi connectivity index (χ3v) is 5.11. The molecule has 4 rings (SSSR count). The first-order chi connectivity index (χ1) is 10.2. The second-order valence-electron chi connectivity index (χ2n) is 6.53. The number of fused-ring (bicyclic) bond motifs is 5. The van der Waals surface area contributed by atoms with Crippen LogP contribution in [0, 0.1) is 0 Å². The van der Waals surface area contributed by atoms with Gasteiger partial charge in [0.15, 0.2) is 0 Å². The Labute approximate surface area is 127 Å². The maximum Gasteiger partial charge on any atom is 0.0561 e. The average Bonchev–Trinajstić information content (AvgIpc) is 2.89. The smallest absolute Gasteiger partial charge is 0.0561 e. The summed E-state index contributed by atoms with van der Waals surface area (Å²) in [7, 11) is 4.41. The van der Waals surface area contributed by atoms with Crippen LogP contribution in [-0.2, 0) is 6.42 Å². The maximum atomic E-state index is 2.63. The van der Waals surface area contributed by atoms with Gasteiger partial charge >= 0.3 is 0 Å². The van der Waals surface area contributed by atoms with Crippen molar-refractivity contribution in [2.24, 2.45) is 0 Å². The third-order valence-electron chi connectivity index (χ3n) is 5.11. The summed E-state index contributed by atoms with van der Waals surface area (Å²) < 4.78 is 0. The molecular formula is C19H22N2. The van der Waals surface area contributed by atoms with Crippen LogP contribution in [0.1, 0.15) is 29.2 Å². The number of anilines is 1. The van der Waals surface area contributed by atoms with Gasteiger partial charge in [0.1, 0.15) is 0 Å². The second-order valence-corrected chi connectivity index (χ2v) is 6.53. The van der Waals surface area contributed by atoms with Crippen LogP contribution >= 0.6 is 0 Å². The lowest BCUT2D eigenvalue weighted by atomic mass is 9.95. The van der Waals surface area contributed by atoms with E-state index < -0.39 is 0 Å². The van der Waals surface area contributed by atoms with Gasteiger partial charge in [-0.15, -0.1) is 0 Å². The Balaban J connectivity index is 1.86. The van der Waals surface area contributed by atoms with Crippen molar-refractivity contribution < 1.29 is 0 Å². The van der Waals surface area contributed by atoms with Gasteiger partial charge in [-0.25, -0.2) is 0 Å². The molecule has 2 atom stereocenters. The standard InChI is InChI=1S/C19H22N2/c1-20(2)16-12-19-17-9-5-3-7-14(17)11-15-8-4-6-10-18(15)21(19)13-16/h3-10,16,19H,11-13H2,1-2H3. The van der Waals surface area contributed by atoms with Crippen LogP contribution in [0.2, 0.25) is 0 Å². The first-order valence-corrected chi connectivity index (χ1v) is 7.83. The number of rotatable bonds is 1. The Morgan fingerprint density at radius 1 is 0.952 bits per heavy atom. The molecule has 2 nitrogen and oxygen atoms in total. The lowest BCUT2D eigenvalue weighted by molar-refractivity contribution is 0.310. The van der Waals surface area contributed by atoms with Crippen molar-refractivity contribution in [3.8, 4) is 0 Å². The van der Waals surface area contributed by atoms with Crippen molar-refractivity contribution >= 4 is 5.69 Å². The molecule has 0 amide bonds. The van der Waals surface area contributed by atoms with E-state index in [-0.39, 0.29) is 0 Å². The van der Waals surface area contributed by atoms with E-state index in [1.807, 2.05) is 0 Å². The van der Waals surface area contributed by atoms with Crippen molar-refractivity contribution in [2.75, 3.05) is 25.5 Å². The molecule has 2 aromatic rings. The Bertz CT molecular complexity index is 609. The number of likely N-dealkylation sites (N-methyl/N-ethyl adjacent to an activating group) is 1. The minimum Gasteiger partial charge on any atom is -0.363 e. The molecule has 0 saturated carbocycles. The summed E-state index contributed by atoms with van der Waals surface area (Å²) in [5.74, 6) is 0. The molecule has 2 unspecified atom stereocenters. The fourth-order valence-corrected chi connectivity index (χ4v) is 3.91. The minimum atomic E-state index is 0.525. The normalized spacial score (nSPS) is 23.5. The molecule has 0 aromatic heterocycles. The largest absolute Gasteiger partial charge is 0.363 e. The molecule has 0 radical (unpaired) electrons. The highest BCUT2D eigenvalue weighted by atomic mass is 15.3. The Morgan fingerprint density at radius 2 is 1.67 bits per heavy atom. The third kappa shape index (κ3) is 2.06. The molecule has 2 aliphatic heterocycles. The molecule has 0 N–H and O–H groups in total. The Morgan fingerprint density at radius 3 is 2.48 bits per heavy atom. The monoisotopic (exact) mass is 278 g/mol. The van der Waals surface area contributed by atoms with E-state index in [1.54, 1.807) is 0 Å². The van der Waals surface area contributed by atoms with Gasteiger partial charge in [0.05, 0.1) is 6.04 Å². The zero-order valence-electron chi connectivity index (χ0n) is 12.8. The van der Waals surface area contributed by atoms with Crippen LogP contribution in [0.25, 0.3) is 0 Å². The van der Waals surface area contributed by atoms with E-state index in [4.69, 9.17) is 0 Å². The van der Waals surface area contributed by atoms with E-state index in [0.717, 1.165) is 13.0 Å². The lowest BCUT2D eigenvalue weighted by Gasteiger charge is -2.27. The molecule has 21 heavy (non-hydrogen) atoms. The quantitative estimate of drug-likeness (QED) is 0.788. The highest BCUT2D eigenvalue weighted by molar-refractivity contribution is 5.61. The van der Waals surface area contributed by atoms with Crippen LogP contribution in [0.3, 0.4) is 0 Å². The molecule has 2 aliphatic rings. The topological polar surface area (TPSA) is 6.48 Å². The van der Waals surface area contributed by atoms with Crippen molar-refractivity contribution in [1.82, 2.24) is 4.90 Å². The SMILES string of the molecule is CN(C)C1CC2c3ccccc3Cc3ccccc3N2C1. The van der Waals surface area contributed by atoms with E-state index >= 15 is 0 Å². The molecule has 0 spiro atoms. The zero-order valence-corrected chi connectivity index (χ0v) is 12.8. The van der Waals surface area contributed by atoms with Gasteiger partial charge in [0.25, 0.3) is 0 Å². The van der Waals surface area contributed by atoms with Crippen LogP contribution in [0.5, 0.6) is 0 Å². The number of benzene rings is 2. The molecule has 2 heteroatoms. The minimum absolute atomic E-state index is 0.525. The summed E-state index contributed by atoms with van der Waals surface area (Å²) in [6.07, 6.45) is 2.28. The van der Waals surface area contributed by atoms with Gasteiger partial charge in [-0.1, -0.05) is 42.5 Å². The zero-order chi connectivity index (χ0) is 14.4. The second kappa shape index (κ2) is 4.88. The van der Waals surface area contributed by atoms with Gasteiger partial charge in [-0.2, -0.15) is 0 Å². The predicted molar refractivity (Wildman–Crippen MR) is 87.9 cm³/mol. The number of para-hydroxylation sites is 1. The van der Waals surface area contributed by atoms with Gasteiger partial charge in [-0.05, 0) is 49.7 Å². The van der Waals surface area contributed by atoms with Gasteiger partial charge in [0.2, 0.25) is 0 Å². The number of nitrogens with zero attached hydrogens (tertiary/aromatic N) is 2. The van der Waals surface area contributed by atoms with Crippen molar-refractivity contribution in [1.29, 1.82) is 0 Å². The first kappa shape index (κ1) is 12.9. The van der Waals surface area contributed by atoms with Crippen LogP contribution in [0.4, 0.5) is 5.69 Å². The average molecular weight is 278 g/mol. The van der Waals surface area contributed by atoms with Crippen LogP contribution < -0.4 is 4.90 Å². The van der Waals surface area contributed by atoms with Crippen LogP contribution in [0.15, 0.2) is 48.5 Å². The summed E-state index contributed by atoms with van der Waals surface area (Å²) >= 11 is 0. The van der Waals surface area contributed by atoms with E-state index in [1.165, 1.54) is 28.8 Å². The maximum absolute atomic E-state index is 2.63. The van der Waals surface area contributed by atoms with E-state index in [9.17, 15) is 0 Å². The van der Waals surface area contributed by atoms with Crippen molar-refractivity contribution in [3.63, 3.8) is 0 Å². The van der Waals surface area contributed by atoms with E-state index in [0.29, 0.717) is 12.1 Å². The molecular weight excluding hydrogens is 256 g/mol. The summed E-state index contributed by atoms with van der Waals surface area (Å²) in [5, 5.41) is 0. The highest BCUT2D eigenvalue weighted by Crippen LogP contribution is 2.43. The van der Waals surface area contributed by atoms with Crippen molar-refractivity contribution in [2.45, 2.75) is 24.9 Å². The summed E-state index contributed by atoms with van der Waals surface area (Å²) in [6.45, 7) is 1.13. The highest BCUT2D eigenvalue weighted by Gasteiger charge is 2.37. The van der Waals surface area contributed by atoms with Gasteiger partial charge in [-0.3, -0.25) is 0 Å². The Hall–Kier alpha value is -1.80. The molecule has 0 bridgehead atoms. The first-order valence-electron chi connectivity index (χ1n) is 7.83. The fraction of sp³-hybridized carbons (Fsp3) is 0.368. The fourth-order valence-electron chi connectivity index (χ4n) is 3.91. The lowest BCUT2D eigenvalue weighted by Crippen LogP contribution is -2.31. The number of hydrogen-bond donors (Lipinski definition) is 0. The molecule has 0 aliphatic carbocycles. The van der Waals surface area contributed by atoms with Gasteiger partial charge < -0.3 is 9.80 Å². The summed E-state index contributed by atoms with van der Waals surface area (Å²) in [4.78, 5) is 5.01. The molecule has 1 saturated heterocycles. The molecule has 108 valence electrons. The Kier molecular flexibility index (Phi) is 3.00. The molecule has 1 fully saturated rings. The summed E-state index contributed by atoms with van der Waals surface area (Å²) in [6, 6.07) is 19.1. The number of hydrogen-bond acceptors (Lipinski definition) is 2. The van der Waals surface area contributed by atoms with E-state index in [2.05, 4.69) is 72.4 Å².